The maximum absolute atomic E-state index is 11.3. The zero-order chi connectivity index (χ0) is 16.7. The zero-order valence-corrected chi connectivity index (χ0v) is 15.4. The molecule has 1 aliphatic heterocycles. The van der Waals surface area contributed by atoms with E-state index in [-0.39, 0.29) is 6.42 Å². The van der Waals surface area contributed by atoms with Crippen molar-refractivity contribution in [1.29, 1.82) is 0 Å². The lowest BCUT2D eigenvalue weighted by Crippen LogP contribution is -2.41. The molecule has 120 valence electrons. The van der Waals surface area contributed by atoms with Gasteiger partial charge in [-0.1, -0.05) is 27.5 Å². The molecule has 1 aromatic carbocycles. The second-order valence-corrected chi connectivity index (χ2v) is 7.88. The molecule has 0 spiro atoms. The first-order valence-corrected chi connectivity index (χ1v) is 8.22. The second kappa shape index (κ2) is 6.15. The molecule has 1 atom stereocenters. The number of hydrogen-bond donors (Lipinski definition) is 1. The van der Waals surface area contributed by atoms with Gasteiger partial charge in [-0.2, -0.15) is 0 Å². The minimum absolute atomic E-state index is 0.0936. The normalized spacial score (nSPS) is 20.9. The average Bonchev–Trinajstić information content (AvgIpc) is 2.53. The van der Waals surface area contributed by atoms with Crippen molar-refractivity contribution >= 4 is 40.6 Å². The summed E-state index contributed by atoms with van der Waals surface area (Å²) in [6, 6.07) is 5.36. The minimum atomic E-state index is -0.907. The topological polar surface area (TPSA) is 55.8 Å². The van der Waals surface area contributed by atoms with Crippen LogP contribution in [0.3, 0.4) is 0 Å². The highest BCUT2D eigenvalue weighted by molar-refractivity contribution is 9.10. The summed E-state index contributed by atoms with van der Waals surface area (Å²) in [7, 11) is -0.633. The molecular weight excluding hydrogens is 370 g/mol. The van der Waals surface area contributed by atoms with Gasteiger partial charge in [0.15, 0.2) is 0 Å². The number of carbonyl (C=O) groups is 1. The predicted octanol–water partition coefficient (Wildman–Crippen LogP) is 4.29. The molecule has 1 aromatic rings. The number of aliphatic carboxylic acids is 1. The van der Waals surface area contributed by atoms with Gasteiger partial charge in [0.2, 0.25) is 0 Å². The van der Waals surface area contributed by atoms with Crippen molar-refractivity contribution < 1.29 is 19.2 Å². The molecule has 1 unspecified atom stereocenters. The Morgan fingerprint density at radius 1 is 1.27 bits per heavy atom. The van der Waals surface area contributed by atoms with E-state index in [0.717, 1.165) is 10.0 Å². The van der Waals surface area contributed by atoms with Crippen LogP contribution in [0, 0.1) is 0 Å². The van der Waals surface area contributed by atoms with Crippen LogP contribution in [0.5, 0.6) is 0 Å². The first kappa shape index (κ1) is 17.8. The Morgan fingerprint density at radius 2 is 1.82 bits per heavy atom. The van der Waals surface area contributed by atoms with Crippen molar-refractivity contribution in [2.45, 2.75) is 51.1 Å². The molecule has 1 heterocycles. The average molecular weight is 389 g/mol. The van der Waals surface area contributed by atoms with E-state index in [1.807, 2.05) is 33.8 Å². The van der Waals surface area contributed by atoms with Gasteiger partial charge in [0.1, 0.15) is 0 Å². The lowest BCUT2D eigenvalue weighted by atomic mass is 9.66. The van der Waals surface area contributed by atoms with Gasteiger partial charge in [0.05, 0.1) is 17.6 Å². The van der Waals surface area contributed by atoms with Crippen molar-refractivity contribution in [1.82, 2.24) is 0 Å². The molecule has 4 nitrogen and oxygen atoms in total. The van der Waals surface area contributed by atoms with Crippen LogP contribution in [-0.4, -0.2) is 29.4 Å². The first-order chi connectivity index (χ1) is 10.0. The summed E-state index contributed by atoms with van der Waals surface area (Å²) in [6.45, 7) is 7.77. The van der Waals surface area contributed by atoms with E-state index in [1.165, 1.54) is 0 Å². The van der Waals surface area contributed by atoms with Gasteiger partial charge in [0.25, 0.3) is 0 Å². The number of carboxylic acids is 1. The van der Waals surface area contributed by atoms with E-state index in [9.17, 15) is 9.90 Å². The molecule has 1 fully saturated rings. The summed E-state index contributed by atoms with van der Waals surface area (Å²) >= 11 is 9.48. The second-order valence-electron chi connectivity index (χ2n) is 6.53. The van der Waals surface area contributed by atoms with E-state index in [1.54, 1.807) is 12.1 Å². The van der Waals surface area contributed by atoms with Crippen molar-refractivity contribution in [2.24, 2.45) is 0 Å². The standard InChI is InChI=1S/C15H19BBrClO4/c1-14(2)15(3,4)22-16(21-14)12(8-13(19)20)9-5-10(17)7-11(18)6-9/h5-7,12H,8H2,1-4H3,(H,19,20). The largest absolute Gasteiger partial charge is 0.481 e. The van der Waals surface area contributed by atoms with Gasteiger partial charge in [0, 0.05) is 15.3 Å². The maximum atomic E-state index is 11.3. The maximum Gasteiger partial charge on any atom is 0.466 e. The summed E-state index contributed by atoms with van der Waals surface area (Å²) in [5, 5.41) is 9.79. The monoisotopic (exact) mass is 388 g/mol. The summed E-state index contributed by atoms with van der Waals surface area (Å²) in [5.74, 6) is -1.34. The van der Waals surface area contributed by atoms with Crippen LogP contribution < -0.4 is 0 Å². The Balaban J connectivity index is 2.37. The Bertz CT molecular complexity index is 555. The van der Waals surface area contributed by atoms with Gasteiger partial charge in [-0.15, -0.1) is 0 Å². The molecule has 0 amide bonds. The van der Waals surface area contributed by atoms with E-state index in [2.05, 4.69) is 15.9 Å². The molecule has 0 aromatic heterocycles. The molecule has 0 saturated carbocycles. The van der Waals surface area contributed by atoms with Gasteiger partial charge < -0.3 is 14.4 Å². The molecule has 1 aliphatic rings. The quantitative estimate of drug-likeness (QED) is 0.781. The SMILES string of the molecule is CC1(C)OB(C(CC(=O)O)c2cc(Cl)cc(Br)c2)OC1(C)C. The number of halogens is 2. The Kier molecular flexibility index (Phi) is 4.98. The third kappa shape index (κ3) is 3.67. The smallest absolute Gasteiger partial charge is 0.466 e. The van der Waals surface area contributed by atoms with Gasteiger partial charge in [-0.25, -0.2) is 0 Å². The number of rotatable bonds is 4. The summed E-state index contributed by atoms with van der Waals surface area (Å²) < 4.78 is 12.8. The highest BCUT2D eigenvalue weighted by atomic mass is 79.9. The fourth-order valence-electron chi connectivity index (χ4n) is 2.40. The zero-order valence-electron chi connectivity index (χ0n) is 13.0. The van der Waals surface area contributed by atoms with E-state index < -0.39 is 30.1 Å². The van der Waals surface area contributed by atoms with Gasteiger partial charge >= 0.3 is 13.1 Å². The summed E-state index contributed by atoms with van der Waals surface area (Å²) in [6.07, 6.45) is -0.0936. The fourth-order valence-corrected chi connectivity index (χ4v) is 3.29. The van der Waals surface area contributed by atoms with Crippen LogP contribution in [0.4, 0.5) is 0 Å². The summed E-state index contributed by atoms with van der Waals surface area (Å²) in [4.78, 5) is 11.3. The molecular formula is C15H19BBrClO4. The predicted molar refractivity (Wildman–Crippen MR) is 90.2 cm³/mol. The third-order valence-corrected chi connectivity index (χ3v) is 4.98. The highest BCUT2D eigenvalue weighted by Crippen LogP contribution is 2.42. The number of benzene rings is 1. The first-order valence-electron chi connectivity index (χ1n) is 7.05. The van der Waals surface area contributed by atoms with Crippen LogP contribution in [-0.2, 0) is 14.1 Å². The Hall–Kier alpha value is -0.555. The van der Waals surface area contributed by atoms with Crippen LogP contribution in [0.25, 0.3) is 0 Å². The Morgan fingerprint density at radius 3 is 2.27 bits per heavy atom. The van der Waals surface area contributed by atoms with E-state index in [0.29, 0.717) is 5.02 Å². The number of carboxylic acid groups (broad SMARTS) is 1. The van der Waals surface area contributed by atoms with Crippen molar-refractivity contribution in [3.8, 4) is 0 Å². The molecule has 0 radical (unpaired) electrons. The van der Waals surface area contributed by atoms with Crippen LogP contribution in [0.1, 0.15) is 45.5 Å². The minimum Gasteiger partial charge on any atom is -0.481 e. The fraction of sp³-hybridized carbons (Fsp3) is 0.533. The Labute approximate surface area is 144 Å². The third-order valence-electron chi connectivity index (χ3n) is 4.31. The molecule has 7 heteroatoms. The molecule has 1 N–H and O–H groups in total. The van der Waals surface area contributed by atoms with E-state index in [4.69, 9.17) is 20.9 Å². The van der Waals surface area contributed by atoms with Crippen LogP contribution in [0.2, 0.25) is 5.02 Å². The van der Waals surface area contributed by atoms with Crippen LogP contribution >= 0.6 is 27.5 Å². The van der Waals surface area contributed by atoms with Crippen LogP contribution in [0.15, 0.2) is 22.7 Å². The van der Waals surface area contributed by atoms with Crippen molar-refractivity contribution in [3.05, 3.63) is 33.3 Å². The molecule has 22 heavy (non-hydrogen) atoms. The van der Waals surface area contributed by atoms with E-state index >= 15 is 0 Å². The van der Waals surface area contributed by atoms with Gasteiger partial charge in [-0.05, 0) is 51.5 Å². The van der Waals surface area contributed by atoms with Gasteiger partial charge in [-0.3, -0.25) is 4.79 Å². The molecule has 1 saturated heterocycles. The van der Waals surface area contributed by atoms with Crippen molar-refractivity contribution in [3.63, 3.8) is 0 Å². The molecule has 2 rings (SSSR count). The summed E-state index contributed by atoms with van der Waals surface area (Å²) in [5.41, 5.74) is -0.241. The molecule has 0 aliphatic carbocycles. The highest BCUT2D eigenvalue weighted by Gasteiger charge is 2.54. The lowest BCUT2D eigenvalue weighted by Gasteiger charge is -2.32. The molecule has 0 bridgehead atoms. The lowest BCUT2D eigenvalue weighted by molar-refractivity contribution is -0.137. The number of hydrogen-bond acceptors (Lipinski definition) is 3. The van der Waals surface area contributed by atoms with Crippen molar-refractivity contribution in [2.75, 3.05) is 0 Å².